The Morgan fingerprint density at radius 2 is 1.63 bits per heavy atom. The van der Waals surface area contributed by atoms with Gasteiger partial charge >= 0.3 is 0 Å². The highest BCUT2D eigenvalue weighted by Gasteiger charge is 2.32. The maximum atomic E-state index is 13.8. The molecule has 4 rings (SSSR count). The van der Waals surface area contributed by atoms with Crippen molar-refractivity contribution in [3.63, 3.8) is 0 Å². The zero-order valence-electron chi connectivity index (χ0n) is 22.6. The molecule has 200 valence electrons. The maximum Gasteiger partial charge on any atom is 0.261 e. The van der Waals surface area contributed by atoms with Gasteiger partial charge in [0.15, 0.2) is 6.61 Å². The van der Waals surface area contributed by atoms with Crippen molar-refractivity contribution in [2.75, 3.05) is 13.7 Å². The molecule has 0 spiro atoms. The van der Waals surface area contributed by atoms with E-state index in [-0.39, 0.29) is 31.0 Å². The van der Waals surface area contributed by atoms with Gasteiger partial charge in [-0.05, 0) is 73.2 Å². The van der Waals surface area contributed by atoms with E-state index in [0.717, 1.165) is 47.9 Å². The highest BCUT2D eigenvalue weighted by Crippen LogP contribution is 2.22. The molecule has 6 nitrogen and oxygen atoms in total. The topological polar surface area (TPSA) is 67.9 Å². The second-order valence-corrected chi connectivity index (χ2v) is 10.1. The lowest BCUT2D eigenvalue weighted by Crippen LogP contribution is -2.53. The molecule has 1 fully saturated rings. The lowest BCUT2D eigenvalue weighted by Gasteiger charge is -2.32. The fraction of sp³-hybridized carbons (Fsp3) is 0.375. The molecule has 1 N–H and O–H groups in total. The van der Waals surface area contributed by atoms with Gasteiger partial charge in [-0.25, -0.2) is 0 Å². The fourth-order valence-electron chi connectivity index (χ4n) is 4.92. The Hall–Kier alpha value is -3.80. The first-order valence-corrected chi connectivity index (χ1v) is 13.4. The number of nitrogens with one attached hydrogen (secondary N) is 1. The summed E-state index contributed by atoms with van der Waals surface area (Å²) in [5.74, 6) is 0.978. The summed E-state index contributed by atoms with van der Waals surface area (Å²) in [6.45, 7) is 4.16. The molecule has 0 saturated heterocycles. The minimum Gasteiger partial charge on any atom is -0.497 e. The maximum absolute atomic E-state index is 13.8. The van der Waals surface area contributed by atoms with Crippen LogP contribution in [0.1, 0.15) is 47.9 Å². The lowest BCUT2D eigenvalue weighted by molar-refractivity contribution is -0.143. The Bertz CT molecular complexity index is 1220. The van der Waals surface area contributed by atoms with Crippen LogP contribution in [0.25, 0.3) is 0 Å². The predicted molar refractivity (Wildman–Crippen MR) is 149 cm³/mol. The van der Waals surface area contributed by atoms with Gasteiger partial charge in [0, 0.05) is 19.0 Å². The fourth-order valence-corrected chi connectivity index (χ4v) is 4.92. The zero-order chi connectivity index (χ0) is 26.9. The Kier molecular flexibility index (Phi) is 9.41. The van der Waals surface area contributed by atoms with Gasteiger partial charge in [0.25, 0.3) is 5.91 Å². The molecular formula is C32H38N2O4. The monoisotopic (exact) mass is 514 g/mol. The van der Waals surface area contributed by atoms with E-state index in [1.807, 2.05) is 86.6 Å². The number of carbonyl (C=O) groups is 2. The summed E-state index contributed by atoms with van der Waals surface area (Å²) in [4.78, 5) is 29.2. The molecule has 0 aliphatic heterocycles. The smallest absolute Gasteiger partial charge is 0.261 e. The molecule has 3 aromatic carbocycles. The van der Waals surface area contributed by atoms with E-state index in [2.05, 4.69) is 5.32 Å². The molecule has 0 bridgehead atoms. The molecular weight excluding hydrogens is 476 g/mol. The summed E-state index contributed by atoms with van der Waals surface area (Å²) in [5, 5.41) is 3.23. The van der Waals surface area contributed by atoms with Crippen molar-refractivity contribution in [3.8, 4) is 11.5 Å². The minimum atomic E-state index is -0.681. The van der Waals surface area contributed by atoms with Crippen LogP contribution in [-0.2, 0) is 22.6 Å². The van der Waals surface area contributed by atoms with Crippen LogP contribution in [0.2, 0.25) is 0 Å². The molecule has 0 unspecified atom stereocenters. The minimum absolute atomic E-state index is 0.122. The molecule has 6 heteroatoms. The van der Waals surface area contributed by atoms with Crippen LogP contribution < -0.4 is 14.8 Å². The Balaban J connectivity index is 1.62. The van der Waals surface area contributed by atoms with Crippen molar-refractivity contribution in [3.05, 3.63) is 95.1 Å². The van der Waals surface area contributed by atoms with Gasteiger partial charge in [-0.1, -0.05) is 61.4 Å². The lowest BCUT2D eigenvalue weighted by atomic mass is 10.0. The van der Waals surface area contributed by atoms with Gasteiger partial charge in [0.1, 0.15) is 17.5 Å². The van der Waals surface area contributed by atoms with E-state index >= 15 is 0 Å². The van der Waals surface area contributed by atoms with E-state index in [4.69, 9.17) is 9.47 Å². The van der Waals surface area contributed by atoms with Crippen molar-refractivity contribution < 1.29 is 19.1 Å². The van der Waals surface area contributed by atoms with Crippen molar-refractivity contribution in [2.24, 2.45) is 0 Å². The van der Waals surface area contributed by atoms with Crippen molar-refractivity contribution in [1.82, 2.24) is 10.2 Å². The van der Waals surface area contributed by atoms with Crippen molar-refractivity contribution in [1.29, 1.82) is 0 Å². The van der Waals surface area contributed by atoms with E-state index < -0.39 is 6.04 Å². The molecule has 0 radical (unpaired) electrons. The molecule has 1 aliphatic carbocycles. The highest BCUT2D eigenvalue weighted by molar-refractivity contribution is 5.88. The van der Waals surface area contributed by atoms with Crippen LogP contribution in [-0.4, -0.2) is 42.5 Å². The zero-order valence-corrected chi connectivity index (χ0v) is 22.6. The summed E-state index contributed by atoms with van der Waals surface area (Å²) in [6.07, 6.45) is 4.60. The summed E-state index contributed by atoms with van der Waals surface area (Å²) in [7, 11) is 1.62. The van der Waals surface area contributed by atoms with Gasteiger partial charge in [0.2, 0.25) is 5.91 Å². The van der Waals surface area contributed by atoms with Crippen LogP contribution >= 0.6 is 0 Å². The molecule has 38 heavy (non-hydrogen) atoms. The predicted octanol–water partition coefficient (Wildman–Crippen LogP) is 5.39. The van der Waals surface area contributed by atoms with Gasteiger partial charge in [0.05, 0.1) is 7.11 Å². The number of carbonyl (C=O) groups excluding carboxylic acids is 2. The van der Waals surface area contributed by atoms with E-state index in [9.17, 15) is 9.59 Å². The largest absolute Gasteiger partial charge is 0.497 e. The number of methoxy groups -OCH3 is 1. The molecule has 1 aliphatic rings. The molecule has 3 aromatic rings. The third-order valence-corrected chi connectivity index (χ3v) is 7.30. The first-order valence-electron chi connectivity index (χ1n) is 13.4. The van der Waals surface area contributed by atoms with Crippen LogP contribution in [0, 0.1) is 13.8 Å². The number of aryl methyl sites for hydroxylation is 2. The number of rotatable bonds is 11. The van der Waals surface area contributed by atoms with Crippen LogP contribution in [0.5, 0.6) is 11.5 Å². The van der Waals surface area contributed by atoms with Gasteiger partial charge in [-0.3, -0.25) is 9.59 Å². The Labute approximate surface area is 226 Å². The van der Waals surface area contributed by atoms with Gasteiger partial charge < -0.3 is 19.7 Å². The van der Waals surface area contributed by atoms with Gasteiger partial charge in [-0.2, -0.15) is 0 Å². The number of benzene rings is 3. The van der Waals surface area contributed by atoms with E-state index in [1.165, 1.54) is 0 Å². The first kappa shape index (κ1) is 27.2. The van der Waals surface area contributed by atoms with Crippen molar-refractivity contribution >= 4 is 11.8 Å². The average Bonchev–Trinajstić information content (AvgIpc) is 3.44. The molecule has 0 heterocycles. The van der Waals surface area contributed by atoms with E-state index in [1.54, 1.807) is 12.0 Å². The van der Waals surface area contributed by atoms with Crippen LogP contribution in [0.4, 0.5) is 0 Å². The Morgan fingerprint density at radius 1 is 0.895 bits per heavy atom. The second kappa shape index (κ2) is 13.1. The number of hydrogen-bond acceptors (Lipinski definition) is 4. The molecule has 0 aromatic heterocycles. The quantitative estimate of drug-likeness (QED) is 0.373. The van der Waals surface area contributed by atoms with Crippen LogP contribution in [0.15, 0.2) is 72.8 Å². The number of hydrogen-bond donors (Lipinski definition) is 1. The SMILES string of the molecule is COc1cccc(CN(C(=O)COc2ccc(C)c(C)c2)[C@@H](Cc2ccccc2)C(=O)NC2CCCC2)c1. The van der Waals surface area contributed by atoms with Crippen molar-refractivity contribution in [2.45, 2.75) is 64.6 Å². The normalized spacial score (nSPS) is 14.1. The third-order valence-electron chi connectivity index (χ3n) is 7.30. The standard InChI is InChI=1S/C32H38N2O4/c1-23-16-17-29(18-24(23)2)38-22-31(35)34(21-26-12-9-15-28(19-26)37-3)30(20-25-10-5-4-6-11-25)32(36)33-27-13-7-8-14-27/h4-6,9-12,15-19,27,30H,7-8,13-14,20-22H2,1-3H3,(H,33,36)/t30-/m0/s1. The van der Waals surface area contributed by atoms with Gasteiger partial charge in [-0.15, -0.1) is 0 Å². The highest BCUT2D eigenvalue weighted by atomic mass is 16.5. The molecule has 1 saturated carbocycles. The second-order valence-electron chi connectivity index (χ2n) is 10.1. The first-order chi connectivity index (χ1) is 18.4. The molecule has 1 atom stereocenters. The Morgan fingerprint density at radius 3 is 2.34 bits per heavy atom. The summed E-state index contributed by atoms with van der Waals surface area (Å²) >= 11 is 0. The number of nitrogens with zero attached hydrogens (tertiary/aromatic N) is 1. The summed E-state index contributed by atoms with van der Waals surface area (Å²) in [6, 6.07) is 22.7. The van der Waals surface area contributed by atoms with E-state index in [0.29, 0.717) is 17.9 Å². The average molecular weight is 515 g/mol. The third kappa shape index (κ3) is 7.37. The summed E-state index contributed by atoms with van der Waals surface area (Å²) < 4.78 is 11.3. The number of amides is 2. The number of ether oxygens (including phenoxy) is 2. The van der Waals surface area contributed by atoms with Crippen LogP contribution in [0.3, 0.4) is 0 Å². The molecule has 2 amide bonds. The summed E-state index contributed by atoms with van der Waals surface area (Å²) in [5.41, 5.74) is 4.14.